The molecule has 3 rings (SSSR count). The molecule has 9 heteroatoms. The maximum absolute atomic E-state index is 12.5. The van der Waals surface area contributed by atoms with Crippen molar-refractivity contribution in [2.24, 2.45) is 0 Å². The van der Waals surface area contributed by atoms with Crippen molar-refractivity contribution in [1.29, 1.82) is 0 Å². The molecule has 0 atom stereocenters. The first-order valence-corrected chi connectivity index (χ1v) is 10.6. The predicted octanol–water partition coefficient (Wildman–Crippen LogP) is 4.28. The van der Waals surface area contributed by atoms with Crippen LogP contribution < -0.4 is 5.32 Å². The molecule has 1 aliphatic heterocycles. The Hall–Kier alpha value is -1.60. The fourth-order valence-electron chi connectivity index (χ4n) is 2.28. The van der Waals surface area contributed by atoms with E-state index in [1.807, 2.05) is 34.7 Å². The van der Waals surface area contributed by atoms with Gasteiger partial charge in [0.15, 0.2) is 0 Å². The maximum Gasteiger partial charge on any atom is 0.294 e. The van der Waals surface area contributed by atoms with E-state index in [-0.39, 0.29) is 17.2 Å². The third kappa shape index (κ3) is 5.02. The van der Waals surface area contributed by atoms with Gasteiger partial charge in [-0.1, -0.05) is 6.07 Å². The predicted molar refractivity (Wildman–Crippen MR) is 121 cm³/mol. The summed E-state index contributed by atoms with van der Waals surface area (Å²) in [6, 6.07) is 12.1. The van der Waals surface area contributed by atoms with E-state index in [9.17, 15) is 19.5 Å². The van der Waals surface area contributed by atoms with Crippen LogP contribution in [0.4, 0.5) is 10.5 Å². The van der Waals surface area contributed by atoms with Crippen LogP contribution in [0.5, 0.6) is 5.75 Å². The van der Waals surface area contributed by atoms with E-state index >= 15 is 0 Å². The van der Waals surface area contributed by atoms with Gasteiger partial charge in [-0.3, -0.25) is 19.3 Å². The number of carbonyl (C=O) groups excluding carboxylic acids is 3. The van der Waals surface area contributed by atoms with Gasteiger partial charge in [0.05, 0.1) is 8.48 Å². The van der Waals surface area contributed by atoms with E-state index in [0.717, 1.165) is 20.2 Å². The number of rotatable bonds is 4. The lowest BCUT2D eigenvalue weighted by Crippen LogP contribution is -2.36. The lowest BCUT2D eigenvalue weighted by atomic mass is 10.2. The Labute approximate surface area is 186 Å². The molecule has 0 saturated carbocycles. The summed E-state index contributed by atoms with van der Waals surface area (Å²) in [5.74, 6) is -0.807. The van der Waals surface area contributed by atoms with Gasteiger partial charge in [-0.25, -0.2) is 0 Å². The van der Waals surface area contributed by atoms with E-state index < -0.39 is 17.1 Å². The quantitative estimate of drug-likeness (QED) is 0.401. The van der Waals surface area contributed by atoms with Crippen LogP contribution in [-0.4, -0.2) is 33.6 Å². The number of hydrogen-bond acceptors (Lipinski definition) is 5. The highest BCUT2D eigenvalue weighted by Gasteiger charge is 2.36. The van der Waals surface area contributed by atoms with Crippen molar-refractivity contribution in [3.63, 3.8) is 0 Å². The summed E-state index contributed by atoms with van der Waals surface area (Å²) in [5.41, 5.74) is 1.28. The second-order valence-corrected chi connectivity index (χ2v) is 8.93. The molecule has 2 aromatic carbocycles. The summed E-state index contributed by atoms with van der Waals surface area (Å²) in [6.45, 7) is -0.346. The zero-order valence-electron chi connectivity index (χ0n) is 13.6. The van der Waals surface area contributed by atoms with E-state index in [0.29, 0.717) is 14.8 Å². The number of aromatic hydroxyl groups is 1. The minimum atomic E-state index is -0.508. The smallest absolute Gasteiger partial charge is 0.294 e. The largest absolute Gasteiger partial charge is 0.507 e. The Morgan fingerprint density at radius 3 is 2.52 bits per heavy atom. The van der Waals surface area contributed by atoms with Crippen LogP contribution in [-0.2, 0) is 9.59 Å². The molecule has 0 spiro atoms. The van der Waals surface area contributed by atoms with Crippen LogP contribution in [0.1, 0.15) is 5.56 Å². The van der Waals surface area contributed by atoms with Gasteiger partial charge in [0.2, 0.25) is 5.91 Å². The van der Waals surface area contributed by atoms with Crippen LogP contribution in [0, 0.1) is 7.14 Å². The Morgan fingerprint density at radius 2 is 1.85 bits per heavy atom. The van der Waals surface area contributed by atoms with Crippen LogP contribution in [0.15, 0.2) is 47.4 Å². The average molecular weight is 606 g/mol. The molecule has 2 aromatic rings. The number of benzene rings is 2. The number of nitrogens with zero attached hydrogens (tertiary/aromatic N) is 1. The standard InChI is InChI=1S/C18H12I2N2O4S/c19-11-2-4-12(5-3-11)21-16(24)9-22-17(25)15(27-18(22)26)8-10-1-6-14(23)13(20)7-10/h1-8,23H,9H2,(H,21,24)/b15-8-. The molecule has 0 aromatic heterocycles. The number of phenols is 1. The minimum absolute atomic E-state index is 0.146. The summed E-state index contributed by atoms with van der Waals surface area (Å²) in [6.07, 6.45) is 1.57. The fraction of sp³-hybridized carbons (Fsp3) is 0.0556. The van der Waals surface area contributed by atoms with E-state index in [1.165, 1.54) is 6.07 Å². The van der Waals surface area contributed by atoms with Gasteiger partial charge in [0.1, 0.15) is 12.3 Å². The van der Waals surface area contributed by atoms with Crippen molar-refractivity contribution in [3.8, 4) is 5.75 Å². The molecule has 0 bridgehead atoms. The highest BCUT2D eigenvalue weighted by molar-refractivity contribution is 14.1. The van der Waals surface area contributed by atoms with Gasteiger partial charge in [0, 0.05) is 9.26 Å². The van der Waals surface area contributed by atoms with Crippen LogP contribution >= 0.6 is 56.9 Å². The van der Waals surface area contributed by atoms with Gasteiger partial charge in [-0.05, 0) is 105 Å². The molecule has 1 heterocycles. The molecular formula is C18H12I2N2O4S. The van der Waals surface area contributed by atoms with Crippen molar-refractivity contribution in [3.05, 3.63) is 60.1 Å². The zero-order chi connectivity index (χ0) is 19.6. The molecule has 27 heavy (non-hydrogen) atoms. The Kier molecular flexibility index (Phi) is 6.42. The molecule has 3 amide bonds. The first-order valence-electron chi connectivity index (χ1n) is 7.63. The number of anilines is 1. The number of amides is 3. The van der Waals surface area contributed by atoms with Gasteiger partial charge in [0.25, 0.3) is 11.1 Å². The third-order valence-electron chi connectivity index (χ3n) is 3.57. The molecule has 138 valence electrons. The highest BCUT2D eigenvalue weighted by atomic mass is 127. The van der Waals surface area contributed by atoms with Crippen molar-refractivity contribution in [2.75, 3.05) is 11.9 Å². The monoisotopic (exact) mass is 606 g/mol. The summed E-state index contributed by atoms with van der Waals surface area (Å²) in [4.78, 5) is 38.0. The Bertz CT molecular complexity index is 960. The summed E-state index contributed by atoms with van der Waals surface area (Å²) in [7, 11) is 0. The second-order valence-electron chi connectivity index (χ2n) is 5.53. The highest BCUT2D eigenvalue weighted by Crippen LogP contribution is 2.33. The van der Waals surface area contributed by atoms with Crippen molar-refractivity contribution in [2.45, 2.75) is 0 Å². The first-order chi connectivity index (χ1) is 12.8. The van der Waals surface area contributed by atoms with Crippen molar-refractivity contribution < 1.29 is 19.5 Å². The number of carbonyl (C=O) groups is 3. The number of halogens is 2. The summed E-state index contributed by atoms with van der Waals surface area (Å²) < 4.78 is 1.67. The van der Waals surface area contributed by atoms with Crippen molar-refractivity contribution >= 4 is 85.8 Å². The van der Waals surface area contributed by atoms with Crippen LogP contribution in [0.3, 0.4) is 0 Å². The molecule has 1 fully saturated rings. The molecule has 2 N–H and O–H groups in total. The number of thioether (sulfide) groups is 1. The molecule has 0 unspecified atom stereocenters. The molecule has 0 radical (unpaired) electrons. The zero-order valence-corrected chi connectivity index (χ0v) is 18.7. The van der Waals surface area contributed by atoms with Crippen LogP contribution in [0.25, 0.3) is 6.08 Å². The first kappa shape index (κ1) is 20.1. The molecule has 0 aliphatic carbocycles. The lowest BCUT2D eigenvalue weighted by molar-refractivity contribution is -0.127. The fourth-order valence-corrected chi connectivity index (χ4v) is 4.02. The Morgan fingerprint density at radius 1 is 1.15 bits per heavy atom. The lowest BCUT2D eigenvalue weighted by Gasteiger charge is -2.12. The van der Waals surface area contributed by atoms with E-state index in [1.54, 1.807) is 30.3 Å². The van der Waals surface area contributed by atoms with Gasteiger partial charge >= 0.3 is 0 Å². The van der Waals surface area contributed by atoms with Crippen molar-refractivity contribution in [1.82, 2.24) is 4.90 Å². The Balaban J connectivity index is 1.70. The molecule has 1 aliphatic rings. The topological polar surface area (TPSA) is 86.7 Å². The maximum atomic E-state index is 12.5. The average Bonchev–Trinajstić information content (AvgIpc) is 2.87. The second kappa shape index (κ2) is 8.61. The van der Waals surface area contributed by atoms with Gasteiger partial charge in [-0.2, -0.15) is 0 Å². The molecule has 1 saturated heterocycles. The third-order valence-corrected chi connectivity index (χ3v) is 6.06. The minimum Gasteiger partial charge on any atom is -0.507 e. The van der Waals surface area contributed by atoms with E-state index in [4.69, 9.17) is 0 Å². The van der Waals surface area contributed by atoms with Crippen LogP contribution in [0.2, 0.25) is 0 Å². The normalized spacial score (nSPS) is 15.5. The number of nitrogens with one attached hydrogen (secondary N) is 1. The molecular weight excluding hydrogens is 594 g/mol. The van der Waals surface area contributed by atoms with Gasteiger partial charge < -0.3 is 10.4 Å². The molecule has 6 nitrogen and oxygen atoms in total. The SMILES string of the molecule is O=C(CN1C(=O)S/C(=C\c2ccc(O)c(I)c2)C1=O)Nc1ccc(I)cc1. The van der Waals surface area contributed by atoms with Gasteiger partial charge in [-0.15, -0.1) is 0 Å². The number of phenolic OH excluding ortho intramolecular Hbond substituents is 1. The number of hydrogen-bond donors (Lipinski definition) is 2. The summed E-state index contributed by atoms with van der Waals surface area (Å²) >= 11 is 4.92. The van der Waals surface area contributed by atoms with E-state index in [2.05, 4.69) is 27.9 Å². The number of imide groups is 1. The summed E-state index contributed by atoms with van der Waals surface area (Å²) in [5, 5.41) is 11.7.